The van der Waals surface area contributed by atoms with Crippen LogP contribution in [0.3, 0.4) is 0 Å². The second-order valence-corrected chi connectivity index (χ2v) is 5.71. The summed E-state index contributed by atoms with van der Waals surface area (Å²) in [4.78, 5) is 21.9. The average molecular weight is 286 g/mol. The lowest BCUT2D eigenvalue weighted by Crippen LogP contribution is -2.45. The highest BCUT2D eigenvalue weighted by atomic mass is 16.1. The molecule has 1 atom stereocenters. The van der Waals surface area contributed by atoms with Gasteiger partial charge in [-0.2, -0.15) is 0 Å². The highest BCUT2D eigenvalue weighted by Crippen LogP contribution is 2.11. The molecular formula is C16H22N4O. The summed E-state index contributed by atoms with van der Waals surface area (Å²) in [6, 6.07) is 8.08. The first-order valence-corrected chi connectivity index (χ1v) is 7.64. The Hall–Kier alpha value is -1.72. The number of H-pyrrole nitrogens is 1. The third kappa shape index (κ3) is 3.31. The van der Waals surface area contributed by atoms with Gasteiger partial charge in [-0.25, -0.2) is 4.98 Å². The molecule has 0 spiro atoms. The SMILES string of the molecule is CNC1CCCN(CCc2nc3ccccc3c(=O)[nH]2)C1. The number of hydrogen-bond acceptors (Lipinski definition) is 4. The number of aromatic amines is 1. The van der Waals surface area contributed by atoms with Gasteiger partial charge in [0.1, 0.15) is 5.82 Å². The van der Waals surface area contributed by atoms with E-state index in [9.17, 15) is 4.79 Å². The summed E-state index contributed by atoms with van der Waals surface area (Å²) in [6.45, 7) is 3.16. The maximum absolute atomic E-state index is 12.0. The molecule has 3 rings (SSSR count). The lowest BCUT2D eigenvalue weighted by molar-refractivity contribution is 0.196. The number of para-hydroxylation sites is 1. The summed E-state index contributed by atoms with van der Waals surface area (Å²) in [5, 5.41) is 4.01. The van der Waals surface area contributed by atoms with E-state index >= 15 is 0 Å². The van der Waals surface area contributed by atoms with Crippen molar-refractivity contribution in [1.82, 2.24) is 20.2 Å². The molecule has 1 aliphatic heterocycles. The molecular weight excluding hydrogens is 264 g/mol. The first-order chi connectivity index (χ1) is 10.3. The van der Waals surface area contributed by atoms with Crippen LogP contribution in [0.5, 0.6) is 0 Å². The third-order valence-corrected chi connectivity index (χ3v) is 4.24. The van der Waals surface area contributed by atoms with Crippen molar-refractivity contribution in [3.05, 3.63) is 40.4 Å². The van der Waals surface area contributed by atoms with Gasteiger partial charge in [0.25, 0.3) is 5.56 Å². The molecule has 1 aromatic carbocycles. The minimum Gasteiger partial charge on any atom is -0.316 e. The topological polar surface area (TPSA) is 61.0 Å². The fraction of sp³-hybridized carbons (Fsp3) is 0.500. The standard InChI is InChI=1S/C16H22N4O/c1-17-12-5-4-9-20(11-12)10-8-15-18-14-7-3-2-6-13(14)16(21)19-15/h2-3,6-7,12,17H,4-5,8-11H2,1H3,(H,18,19,21). The number of nitrogens with zero attached hydrogens (tertiary/aromatic N) is 2. The number of hydrogen-bond donors (Lipinski definition) is 2. The highest BCUT2D eigenvalue weighted by molar-refractivity contribution is 5.77. The van der Waals surface area contributed by atoms with E-state index in [-0.39, 0.29) is 5.56 Å². The van der Waals surface area contributed by atoms with Gasteiger partial charge in [0.2, 0.25) is 0 Å². The van der Waals surface area contributed by atoms with Crippen LogP contribution in [0.4, 0.5) is 0 Å². The van der Waals surface area contributed by atoms with Crippen molar-refractivity contribution in [3.63, 3.8) is 0 Å². The normalized spacial score (nSPS) is 20.0. The summed E-state index contributed by atoms with van der Waals surface area (Å²) < 4.78 is 0. The molecule has 2 aromatic rings. The lowest BCUT2D eigenvalue weighted by atomic mass is 10.1. The van der Waals surface area contributed by atoms with Crippen molar-refractivity contribution in [2.24, 2.45) is 0 Å². The van der Waals surface area contributed by atoms with E-state index in [1.807, 2.05) is 31.3 Å². The molecule has 2 heterocycles. The van der Waals surface area contributed by atoms with Gasteiger partial charge >= 0.3 is 0 Å². The fourth-order valence-electron chi connectivity index (χ4n) is 3.01. The summed E-state index contributed by atoms with van der Waals surface area (Å²) >= 11 is 0. The Labute approximate surface area is 124 Å². The van der Waals surface area contributed by atoms with Gasteiger partial charge in [-0.1, -0.05) is 12.1 Å². The van der Waals surface area contributed by atoms with Crippen molar-refractivity contribution < 1.29 is 0 Å². The van der Waals surface area contributed by atoms with Gasteiger partial charge in [0, 0.05) is 25.6 Å². The van der Waals surface area contributed by atoms with Crippen LogP contribution in [0.2, 0.25) is 0 Å². The predicted octanol–water partition coefficient (Wildman–Crippen LogP) is 1.15. The molecule has 0 amide bonds. The molecule has 0 radical (unpaired) electrons. The van der Waals surface area contributed by atoms with Crippen molar-refractivity contribution in [2.45, 2.75) is 25.3 Å². The molecule has 5 nitrogen and oxygen atoms in total. The maximum Gasteiger partial charge on any atom is 0.258 e. The van der Waals surface area contributed by atoms with E-state index in [0.29, 0.717) is 11.4 Å². The smallest absolute Gasteiger partial charge is 0.258 e. The molecule has 1 saturated heterocycles. The Morgan fingerprint density at radius 2 is 2.29 bits per heavy atom. The van der Waals surface area contributed by atoms with Gasteiger partial charge in [-0.05, 0) is 38.6 Å². The number of benzene rings is 1. The van der Waals surface area contributed by atoms with Crippen LogP contribution in [0.25, 0.3) is 10.9 Å². The van der Waals surface area contributed by atoms with E-state index in [1.54, 1.807) is 0 Å². The van der Waals surface area contributed by atoms with Crippen LogP contribution < -0.4 is 10.9 Å². The monoisotopic (exact) mass is 286 g/mol. The third-order valence-electron chi connectivity index (χ3n) is 4.24. The number of aromatic nitrogens is 2. The zero-order valence-electron chi connectivity index (χ0n) is 12.4. The fourth-order valence-corrected chi connectivity index (χ4v) is 3.01. The zero-order chi connectivity index (χ0) is 14.7. The zero-order valence-corrected chi connectivity index (χ0v) is 12.4. The first kappa shape index (κ1) is 14.2. The van der Waals surface area contributed by atoms with E-state index in [2.05, 4.69) is 20.2 Å². The molecule has 1 fully saturated rings. The molecule has 1 aromatic heterocycles. The highest BCUT2D eigenvalue weighted by Gasteiger charge is 2.18. The van der Waals surface area contributed by atoms with Crippen LogP contribution in [-0.2, 0) is 6.42 Å². The Morgan fingerprint density at radius 1 is 1.43 bits per heavy atom. The number of fused-ring (bicyclic) bond motifs is 1. The average Bonchev–Trinajstić information content (AvgIpc) is 2.53. The molecule has 0 saturated carbocycles. The van der Waals surface area contributed by atoms with Gasteiger partial charge in [-0.15, -0.1) is 0 Å². The Morgan fingerprint density at radius 3 is 3.14 bits per heavy atom. The van der Waals surface area contributed by atoms with E-state index in [0.717, 1.165) is 37.4 Å². The summed E-state index contributed by atoms with van der Waals surface area (Å²) in [6.07, 6.45) is 3.27. The summed E-state index contributed by atoms with van der Waals surface area (Å²) in [5.74, 6) is 0.783. The van der Waals surface area contributed by atoms with Crippen molar-refractivity contribution in [3.8, 4) is 0 Å². The van der Waals surface area contributed by atoms with Gasteiger partial charge in [0.15, 0.2) is 0 Å². The van der Waals surface area contributed by atoms with Crippen LogP contribution in [-0.4, -0.2) is 47.6 Å². The molecule has 21 heavy (non-hydrogen) atoms. The van der Waals surface area contributed by atoms with Crippen molar-refractivity contribution in [2.75, 3.05) is 26.7 Å². The quantitative estimate of drug-likeness (QED) is 0.885. The molecule has 1 unspecified atom stereocenters. The first-order valence-electron chi connectivity index (χ1n) is 7.64. The summed E-state index contributed by atoms with van der Waals surface area (Å²) in [5.41, 5.74) is 0.741. The molecule has 112 valence electrons. The Bertz CT molecular complexity index is 667. The van der Waals surface area contributed by atoms with Gasteiger partial charge < -0.3 is 15.2 Å². The van der Waals surface area contributed by atoms with Gasteiger partial charge in [0.05, 0.1) is 10.9 Å². The maximum atomic E-state index is 12.0. The van der Waals surface area contributed by atoms with E-state index in [4.69, 9.17) is 0 Å². The van der Waals surface area contributed by atoms with Crippen LogP contribution in [0.1, 0.15) is 18.7 Å². The molecule has 5 heteroatoms. The Balaban J connectivity index is 1.69. The molecule has 2 N–H and O–H groups in total. The number of rotatable bonds is 4. The molecule has 0 bridgehead atoms. The van der Waals surface area contributed by atoms with E-state index in [1.165, 1.54) is 12.8 Å². The largest absolute Gasteiger partial charge is 0.316 e. The minimum absolute atomic E-state index is 0.0395. The van der Waals surface area contributed by atoms with Crippen LogP contribution in [0.15, 0.2) is 29.1 Å². The minimum atomic E-state index is -0.0395. The number of likely N-dealkylation sites (N-methyl/N-ethyl adjacent to an activating group) is 1. The second kappa shape index (κ2) is 6.37. The van der Waals surface area contributed by atoms with E-state index < -0.39 is 0 Å². The van der Waals surface area contributed by atoms with Gasteiger partial charge in [-0.3, -0.25) is 4.79 Å². The molecule has 1 aliphatic rings. The second-order valence-electron chi connectivity index (χ2n) is 5.71. The van der Waals surface area contributed by atoms with Crippen LogP contribution in [0, 0.1) is 0 Å². The number of likely N-dealkylation sites (tertiary alicyclic amines) is 1. The van der Waals surface area contributed by atoms with Crippen LogP contribution >= 0.6 is 0 Å². The number of piperidine rings is 1. The summed E-state index contributed by atoms with van der Waals surface area (Å²) in [7, 11) is 2.02. The van der Waals surface area contributed by atoms with Crippen molar-refractivity contribution >= 4 is 10.9 Å². The lowest BCUT2D eigenvalue weighted by Gasteiger charge is -2.32. The molecule has 0 aliphatic carbocycles. The number of nitrogens with one attached hydrogen (secondary N) is 2. The Kier molecular flexibility index (Phi) is 4.31. The van der Waals surface area contributed by atoms with Crippen molar-refractivity contribution in [1.29, 1.82) is 0 Å². The predicted molar refractivity (Wildman–Crippen MR) is 84.6 cm³/mol.